The molecule has 0 heterocycles. The molecule has 0 nitrogen and oxygen atoms in total. The molecule has 0 spiro atoms. The Morgan fingerprint density at radius 3 is 1.36 bits per heavy atom. The summed E-state index contributed by atoms with van der Waals surface area (Å²) in [5.74, 6) is 6.70. The van der Waals surface area contributed by atoms with Gasteiger partial charge in [-0.3, -0.25) is 0 Å². The number of hydrogen-bond acceptors (Lipinski definition) is 0. The third-order valence-electron chi connectivity index (χ3n) is 8.73. The summed E-state index contributed by atoms with van der Waals surface area (Å²) in [5.41, 5.74) is 2.47. The maximum absolute atomic E-state index is 3.96. The molecule has 3 aliphatic rings. The molecule has 2 fully saturated rings. The molecule has 216 valence electrons. The van der Waals surface area contributed by atoms with Gasteiger partial charge in [0.25, 0.3) is 0 Å². The normalized spacial score (nSPS) is 29.1. The van der Waals surface area contributed by atoms with Crippen LogP contribution in [0.25, 0.3) is 12.2 Å². The second-order valence-electron chi connectivity index (χ2n) is 10.6. The summed E-state index contributed by atoms with van der Waals surface area (Å²) in [6.07, 6.45) is 16.2. The summed E-state index contributed by atoms with van der Waals surface area (Å²) in [4.78, 5) is 0. The molecular weight excluding hydrogens is 557 g/mol. The standard InChI is InChI=1S/C17H22.C9H14.C8H8.2C2H6.Ru/c1-4-16-12-17(14(3)13(16)2)11-10-15-8-6-5-7-9-15;1-6-7(2)9-4-3-8(6)5-9;1-2-8-6-4-3-5-7-8;2*1-2;/h4-11,13-14,16-17H,1,12H2,2-3H3;3-4,6-9H,5H2,1-2H3;2-7H,1H2;2*1-2H3;/b11-10+;;;;;. The first kappa shape index (κ1) is 37.0. The van der Waals surface area contributed by atoms with Crippen LogP contribution in [0.3, 0.4) is 0 Å². The Balaban J connectivity index is 0.000000556. The predicted molar refractivity (Wildman–Crippen MR) is 174 cm³/mol. The van der Waals surface area contributed by atoms with Crippen LogP contribution in [0.1, 0.15) is 79.4 Å². The van der Waals surface area contributed by atoms with Gasteiger partial charge in [0.1, 0.15) is 0 Å². The molecule has 8 unspecified atom stereocenters. The van der Waals surface area contributed by atoms with Gasteiger partial charge in [0, 0.05) is 19.5 Å². The first-order chi connectivity index (χ1) is 18.4. The van der Waals surface area contributed by atoms with E-state index in [1.54, 1.807) is 0 Å². The van der Waals surface area contributed by atoms with E-state index in [0.29, 0.717) is 11.8 Å². The molecule has 0 radical (unpaired) electrons. The van der Waals surface area contributed by atoms with Crippen molar-refractivity contribution in [3.63, 3.8) is 0 Å². The number of benzene rings is 2. The Morgan fingerprint density at radius 2 is 1.03 bits per heavy atom. The molecule has 0 N–H and O–H groups in total. The van der Waals surface area contributed by atoms with Crippen LogP contribution in [-0.2, 0) is 19.5 Å². The Labute approximate surface area is 255 Å². The largest absolute Gasteiger partial charge is 0.103 e. The molecule has 39 heavy (non-hydrogen) atoms. The summed E-state index contributed by atoms with van der Waals surface area (Å²) in [7, 11) is 0. The van der Waals surface area contributed by atoms with E-state index in [9.17, 15) is 0 Å². The third kappa shape index (κ3) is 11.6. The van der Waals surface area contributed by atoms with Gasteiger partial charge in [0.15, 0.2) is 0 Å². The topological polar surface area (TPSA) is 0 Å². The number of rotatable bonds is 4. The maximum Gasteiger partial charge on any atom is 0 e. The van der Waals surface area contributed by atoms with Crippen molar-refractivity contribution in [2.45, 2.75) is 68.2 Å². The van der Waals surface area contributed by atoms with Crippen LogP contribution in [0.5, 0.6) is 0 Å². The summed E-state index contributed by atoms with van der Waals surface area (Å²) < 4.78 is 0. The van der Waals surface area contributed by atoms with Gasteiger partial charge < -0.3 is 0 Å². The monoisotopic (exact) mass is 614 g/mol. The SMILES string of the molecule is C=CC1CC(/C=C/c2ccccc2)C(C)C1C.C=Cc1ccccc1.CC.CC.CC1C2C=CC(C2)C1C.[Ru]. The van der Waals surface area contributed by atoms with Crippen LogP contribution in [0.2, 0.25) is 0 Å². The summed E-state index contributed by atoms with van der Waals surface area (Å²) in [6.45, 7) is 25.1. The Kier molecular flexibility index (Phi) is 19.8. The van der Waals surface area contributed by atoms with E-state index >= 15 is 0 Å². The minimum Gasteiger partial charge on any atom is -0.103 e. The van der Waals surface area contributed by atoms with Gasteiger partial charge in [-0.2, -0.15) is 0 Å². The van der Waals surface area contributed by atoms with Gasteiger partial charge in [-0.25, -0.2) is 0 Å². The smallest absolute Gasteiger partial charge is 0 e. The number of hydrogen-bond donors (Lipinski definition) is 0. The second kappa shape index (κ2) is 20.9. The van der Waals surface area contributed by atoms with Gasteiger partial charge in [-0.05, 0) is 71.3 Å². The van der Waals surface area contributed by atoms with Crippen LogP contribution >= 0.6 is 0 Å². The van der Waals surface area contributed by atoms with Gasteiger partial charge in [0.2, 0.25) is 0 Å². The van der Waals surface area contributed by atoms with Crippen molar-refractivity contribution in [3.05, 3.63) is 109 Å². The van der Waals surface area contributed by atoms with Crippen LogP contribution in [0, 0.1) is 47.3 Å². The minimum atomic E-state index is 0. The zero-order valence-electron chi connectivity index (χ0n) is 26.0. The summed E-state index contributed by atoms with van der Waals surface area (Å²) in [5, 5.41) is 0. The second-order valence-corrected chi connectivity index (χ2v) is 10.6. The molecule has 2 bridgehead atoms. The molecule has 2 aromatic carbocycles. The van der Waals surface area contributed by atoms with E-state index in [0.717, 1.165) is 35.5 Å². The number of fused-ring (bicyclic) bond motifs is 2. The molecule has 0 aromatic heterocycles. The maximum atomic E-state index is 3.96. The fourth-order valence-electron chi connectivity index (χ4n) is 5.79. The van der Waals surface area contributed by atoms with E-state index in [-0.39, 0.29) is 19.5 Å². The molecule has 0 aliphatic heterocycles. The van der Waals surface area contributed by atoms with Crippen molar-refractivity contribution in [2.24, 2.45) is 47.3 Å². The van der Waals surface area contributed by atoms with E-state index in [1.807, 2.05) is 64.1 Å². The summed E-state index contributed by atoms with van der Waals surface area (Å²) >= 11 is 0. The molecule has 2 aromatic rings. The first-order valence-corrected chi connectivity index (χ1v) is 15.2. The van der Waals surface area contributed by atoms with Gasteiger partial charge in [-0.1, -0.05) is 159 Å². The van der Waals surface area contributed by atoms with E-state index < -0.39 is 0 Å². The molecule has 0 amide bonds. The Bertz CT molecular complexity index is 925. The van der Waals surface area contributed by atoms with Gasteiger partial charge in [-0.15, -0.1) is 6.58 Å². The first-order valence-electron chi connectivity index (χ1n) is 15.2. The van der Waals surface area contributed by atoms with Crippen LogP contribution < -0.4 is 0 Å². The zero-order chi connectivity index (χ0) is 28.5. The fraction of sp³-hybridized carbons (Fsp3) is 0.474. The quantitative estimate of drug-likeness (QED) is 0.238. The molecule has 5 rings (SSSR count). The van der Waals surface area contributed by atoms with Crippen molar-refractivity contribution in [2.75, 3.05) is 0 Å². The van der Waals surface area contributed by atoms with Gasteiger partial charge in [0.05, 0.1) is 0 Å². The van der Waals surface area contributed by atoms with Crippen molar-refractivity contribution in [1.82, 2.24) is 0 Å². The van der Waals surface area contributed by atoms with Crippen molar-refractivity contribution < 1.29 is 19.5 Å². The molecule has 2 saturated carbocycles. The average molecular weight is 614 g/mol. The van der Waals surface area contributed by atoms with E-state index in [4.69, 9.17) is 0 Å². The van der Waals surface area contributed by atoms with Gasteiger partial charge >= 0.3 is 0 Å². The summed E-state index contributed by atoms with van der Waals surface area (Å²) in [6, 6.07) is 20.6. The zero-order valence-corrected chi connectivity index (χ0v) is 27.8. The van der Waals surface area contributed by atoms with E-state index in [2.05, 4.69) is 102 Å². The molecule has 8 atom stereocenters. The Hall–Kier alpha value is -1.98. The number of allylic oxidation sites excluding steroid dienone is 4. The average Bonchev–Trinajstić information content (AvgIpc) is 3.66. The van der Waals surface area contributed by atoms with Crippen LogP contribution in [0.15, 0.2) is 98.1 Å². The van der Waals surface area contributed by atoms with Crippen molar-refractivity contribution in [1.29, 1.82) is 0 Å². The van der Waals surface area contributed by atoms with Crippen LogP contribution in [0.4, 0.5) is 0 Å². The van der Waals surface area contributed by atoms with Crippen LogP contribution in [-0.4, -0.2) is 0 Å². The Morgan fingerprint density at radius 1 is 0.590 bits per heavy atom. The molecule has 0 saturated heterocycles. The minimum absolute atomic E-state index is 0. The molecular formula is C38H56Ru. The van der Waals surface area contributed by atoms with Crippen molar-refractivity contribution in [3.8, 4) is 0 Å². The van der Waals surface area contributed by atoms with Crippen molar-refractivity contribution >= 4 is 12.2 Å². The van der Waals surface area contributed by atoms with E-state index in [1.165, 1.54) is 24.0 Å². The molecule has 3 aliphatic carbocycles. The third-order valence-corrected chi connectivity index (χ3v) is 8.73. The molecule has 1 heteroatoms. The predicted octanol–water partition coefficient (Wildman–Crippen LogP) is 11.6. The fourth-order valence-corrected chi connectivity index (χ4v) is 5.79.